The van der Waals surface area contributed by atoms with Gasteiger partial charge < -0.3 is 14.4 Å². The smallest absolute Gasteiger partial charge is 0.227 e. The van der Waals surface area contributed by atoms with E-state index in [1.165, 1.54) is 5.56 Å². The SMILES string of the molecule is COc1ccc(CC(=O)N2CCN(Cc3ncccc3C)CC2)c(OC)c1. The lowest BCUT2D eigenvalue weighted by atomic mass is 10.1. The van der Waals surface area contributed by atoms with Crippen molar-refractivity contribution in [2.75, 3.05) is 40.4 Å². The summed E-state index contributed by atoms with van der Waals surface area (Å²) in [6.07, 6.45) is 2.18. The van der Waals surface area contributed by atoms with Crippen molar-refractivity contribution in [3.05, 3.63) is 53.3 Å². The number of benzene rings is 1. The second kappa shape index (κ2) is 8.86. The quantitative estimate of drug-likeness (QED) is 0.782. The number of rotatable bonds is 6. The van der Waals surface area contributed by atoms with E-state index in [0.717, 1.165) is 49.7 Å². The number of aromatic nitrogens is 1. The van der Waals surface area contributed by atoms with Crippen molar-refractivity contribution in [1.82, 2.24) is 14.8 Å². The number of piperazine rings is 1. The maximum Gasteiger partial charge on any atom is 0.227 e. The molecule has 6 nitrogen and oxygen atoms in total. The third-order valence-electron chi connectivity index (χ3n) is 5.05. The molecule has 6 heteroatoms. The maximum atomic E-state index is 12.7. The van der Waals surface area contributed by atoms with Gasteiger partial charge in [0.15, 0.2) is 0 Å². The molecule has 1 aromatic carbocycles. The van der Waals surface area contributed by atoms with Gasteiger partial charge in [-0.1, -0.05) is 12.1 Å². The van der Waals surface area contributed by atoms with Crippen molar-refractivity contribution >= 4 is 5.91 Å². The molecule has 2 heterocycles. The minimum atomic E-state index is 0.132. The van der Waals surface area contributed by atoms with Gasteiger partial charge in [-0.2, -0.15) is 0 Å². The minimum Gasteiger partial charge on any atom is -0.497 e. The van der Waals surface area contributed by atoms with Crippen LogP contribution in [0.1, 0.15) is 16.8 Å². The van der Waals surface area contributed by atoms with Crippen molar-refractivity contribution in [3.8, 4) is 11.5 Å². The van der Waals surface area contributed by atoms with Gasteiger partial charge in [0, 0.05) is 50.6 Å². The molecule has 144 valence electrons. The molecule has 0 unspecified atom stereocenters. The third-order valence-corrected chi connectivity index (χ3v) is 5.05. The molecule has 0 N–H and O–H groups in total. The van der Waals surface area contributed by atoms with Crippen LogP contribution in [0, 0.1) is 6.92 Å². The number of pyridine rings is 1. The van der Waals surface area contributed by atoms with E-state index in [1.807, 2.05) is 35.4 Å². The van der Waals surface area contributed by atoms with Crippen molar-refractivity contribution in [3.63, 3.8) is 0 Å². The molecule has 1 saturated heterocycles. The van der Waals surface area contributed by atoms with E-state index >= 15 is 0 Å². The van der Waals surface area contributed by atoms with E-state index in [2.05, 4.69) is 22.9 Å². The van der Waals surface area contributed by atoms with Crippen LogP contribution in [0.2, 0.25) is 0 Å². The first-order chi connectivity index (χ1) is 13.1. The Labute approximate surface area is 160 Å². The number of nitrogens with zero attached hydrogens (tertiary/aromatic N) is 3. The first-order valence-corrected chi connectivity index (χ1v) is 9.22. The zero-order valence-electron chi connectivity index (χ0n) is 16.3. The van der Waals surface area contributed by atoms with Crippen LogP contribution in [0.15, 0.2) is 36.5 Å². The van der Waals surface area contributed by atoms with Crippen LogP contribution in [0.4, 0.5) is 0 Å². The van der Waals surface area contributed by atoms with Gasteiger partial charge in [-0.05, 0) is 24.6 Å². The summed E-state index contributed by atoms with van der Waals surface area (Å²) in [4.78, 5) is 21.5. The normalized spacial score (nSPS) is 14.9. The largest absolute Gasteiger partial charge is 0.497 e. The predicted octanol–water partition coefficient (Wildman–Crippen LogP) is 2.29. The van der Waals surface area contributed by atoms with E-state index in [1.54, 1.807) is 14.2 Å². The van der Waals surface area contributed by atoms with Gasteiger partial charge in [-0.25, -0.2) is 0 Å². The van der Waals surface area contributed by atoms with Crippen LogP contribution in [-0.2, 0) is 17.8 Å². The number of amides is 1. The summed E-state index contributed by atoms with van der Waals surface area (Å²) in [6, 6.07) is 9.62. The lowest BCUT2D eigenvalue weighted by Crippen LogP contribution is -2.48. The summed E-state index contributed by atoms with van der Waals surface area (Å²) < 4.78 is 10.6. The number of hydrogen-bond donors (Lipinski definition) is 0. The minimum absolute atomic E-state index is 0.132. The first kappa shape index (κ1) is 19.2. The fourth-order valence-electron chi connectivity index (χ4n) is 3.32. The zero-order chi connectivity index (χ0) is 19.2. The van der Waals surface area contributed by atoms with Crippen LogP contribution >= 0.6 is 0 Å². The Morgan fingerprint density at radius 1 is 1.11 bits per heavy atom. The van der Waals surface area contributed by atoms with Crippen LogP contribution in [-0.4, -0.2) is 61.1 Å². The van der Waals surface area contributed by atoms with E-state index < -0.39 is 0 Å². The average Bonchev–Trinajstić information content (AvgIpc) is 2.70. The maximum absolute atomic E-state index is 12.7. The summed E-state index contributed by atoms with van der Waals surface area (Å²) in [5.74, 6) is 1.54. The highest BCUT2D eigenvalue weighted by atomic mass is 16.5. The Kier molecular flexibility index (Phi) is 6.29. The second-order valence-electron chi connectivity index (χ2n) is 6.78. The monoisotopic (exact) mass is 369 g/mol. The number of hydrogen-bond acceptors (Lipinski definition) is 5. The molecule has 1 aliphatic heterocycles. The molecule has 1 amide bonds. The lowest BCUT2D eigenvalue weighted by molar-refractivity contribution is -0.132. The Morgan fingerprint density at radius 2 is 1.89 bits per heavy atom. The fraction of sp³-hybridized carbons (Fsp3) is 0.429. The molecule has 0 radical (unpaired) electrons. The van der Waals surface area contributed by atoms with Crippen molar-refractivity contribution in [1.29, 1.82) is 0 Å². The lowest BCUT2D eigenvalue weighted by Gasteiger charge is -2.35. The van der Waals surface area contributed by atoms with E-state index in [-0.39, 0.29) is 5.91 Å². The second-order valence-corrected chi connectivity index (χ2v) is 6.78. The highest BCUT2D eigenvalue weighted by molar-refractivity contribution is 5.79. The van der Waals surface area contributed by atoms with Crippen LogP contribution in [0.25, 0.3) is 0 Å². The highest BCUT2D eigenvalue weighted by Gasteiger charge is 2.22. The average molecular weight is 369 g/mol. The van der Waals surface area contributed by atoms with Gasteiger partial charge in [-0.15, -0.1) is 0 Å². The summed E-state index contributed by atoms with van der Waals surface area (Å²) in [7, 11) is 3.23. The molecule has 3 rings (SSSR count). The standard InChI is InChI=1S/C21H27N3O3/c1-16-5-4-8-22-19(16)15-23-9-11-24(12-10-23)21(25)13-17-6-7-18(26-2)14-20(17)27-3/h4-8,14H,9-13,15H2,1-3H3. The summed E-state index contributed by atoms with van der Waals surface area (Å²) in [5.41, 5.74) is 3.21. The first-order valence-electron chi connectivity index (χ1n) is 9.22. The van der Waals surface area contributed by atoms with Crippen molar-refractivity contribution in [2.45, 2.75) is 19.9 Å². The number of carbonyl (C=O) groups is 1. The molecule has 27 heavy (non-hydrogen) atoms. The molecule has 1 aromatic heterocycles. The summed E-state index contributed by atoms with van der Waals surface area (Å²) >= 11 is 0. The van der Waals surface area contributed by atoms with Gasteiger partial charge in [0.25, 0.3) is 0 Å². The third kappa shape index (κ3) is 4.77. The highest BCUT2D eigenvalue weighted by Crippen LogP contribution is 2.25. The van der Waals surface area contributed by atoms with E-state index in [4.69, 9.17) is 9.47 Å². The zero-order valence-corrected chi connectivity index (χ0v) is 16.3. The molecule has 0 spiro atoms. The number of aryl methyl sites for hydroxylation is 1. The van der Waals surface area contributed by atoms with Crippen LogP contribution in [0.5, 0.6) is 11.5 Å². The molecular formula is C21H27N3O3. The molecule has 0 aliphatic carbocycles. The molecule has 0 saturated carbocycles. The molecule has 2 aromatic rings. The van der Waals surface area contributed by atoms with E-state index in [9.17, 15) is 4.79 Å². The predicted molar refractivity (Wildman–Crippen MR) is 104 cm³/mol. The molecular weight excluding hydrogens is 342 g/mol. The van der Waals surface area contributed by atoms with Gasteiger partial charge in [-0.3, -0.25) is 14.7 Å². The number of ether oxygens (including phenoxy) is 2. The summed E-state index contributed by atoms with van der Waals surface area (Å²) in [6.45, 7) is 6.13. The van der Waals surface area contributed by atoms with Crippen molar-refractivity contribution < 1.29 is 14.3 Å². The molecule has 0 bridgehead atoms. The van der Waals surface area contributed by atoms with E-state index in [0.29, 0.717) is 12.2 Å². The van der Waals surface area contributed by atoms with Gasteiger partial charge in [0.2, 0.25) is 5.91 Å². The Hall–Kier alpha value is -2.60. The molecule has 1 aliphatic rings. The number of carbonyl (C=O) groups excluding carboxylic acids is 1. The molecule has 1 fully saturated rings. The Balaban J connectivity index is 1.55. The van der Waals surface area contributed by atoms with Gasteiger partial charge >= 0.3 is 0 Å². The van der Waals surface area contributed by atoms with Crippen LogP contribution in [0.3, 0.4) is 0 Å². The van der Waals surface area contributed by atoms with Gasteiger partial charge in [0.1, 0.15) is 11.5 Å². The van der Waals surface area contributed by atoms with Crippen LogP contribution < -0.4 is 9.47 Å². The van der Waals surface area contributed by atoms with Gasteiger partial charge in [0.05, 0.1) is 26.3 Å². The number of methoxy groups -OCH3 is 2. The topological polar surface area (TPSA) is 54.9 Å². The van der Waals surface area contributed by atoms with Crippen molar-refractivity contribution in [2.24, 2.45) is 0 Å². The summed E-state index contributed by atoms with van der Waals surface area (Å²) in [5, 5.41) is 0. The fourth-order valence-corrected chi connectivity index (χ4v) is 3.32. The Morgan fingerprint density at radius 3 is 2.56 bits per heavy atom. The molecule has 0 atom stereocenters. The Bertz CT molecular complexity index is 786.